The maximum absolute atomic E-state index is 14.6. The second-order valence-corrected chi connectivity index (χ2v) is 5.24. The Bertz CT molecular complexity index is 592. The van der Waals surface area contributed by atoms with Gasteiger partial charge < -0.3 is 21.1 Å². The van der Waals surface area contributed by atoms with Crippen LogP contribution in [-0.2, 0) is 0 Å². The number of aliphatic hydroxyl groups is 1. The van der Waals surface area contributed by atoms with Gasteiger partial charge in [-0.2, -0.15) is 0 Å². The maximum atomic E-state index is 14.6. The zero-order valence-corrected chi connectivity index (χ0v) is 10.9. The molecule has 0 saturated carbocycles. The minimum Gasteiger partial charge on any atom is -0.505 e. The van der Waals surface area contributed by atoms with Crippen LogP contribution >= 0.6 is 0 Å². The average molecular weight is 277 g/mol. The lowest BCUT2D eigenvalue weighted by Crippen LogP contribution is -2.53. The van der Waals surface area contributed by atoms with E-state index in [0.717, 1.165) is 0 Å². The van der Waals surface area contributed by atoms with Gasteiger partial charge in [0, 0.05) is 24.3 Å². The number of amides is 2. The Morgan fingerprint density at radius 2 is 2.00 bits per heavy atom. The molecule has 0 unspecified atom stereocenters. The van der Waals surface area contributed by atoms with E-state index >= 15 is 0 Å². The standard InChI is InChI=1S/C14H16FN3O2/c15-12-11(19)9-3-1-2-4-10(9)17-14(12)5-7-18(8-6-14)13(16)20/h1-4,17,19H,5-8H2,(H2,16,20). The molecule has 2 aliphatic rings. The molecule has 0 bridgehead atoms. The fourth-order valence-electron chi connectivity index (χ4n) is 2.91. The monoisotopic (exact) mass is 277 g/mol. The molecule has 4 N–H and O–H groups in total. The number of aliphatic hydroxyl groups excluding tert-OH is 1. The molecule has 2 heterocycles. The number of piperidine rings is 1. The summed E-state index contributed by atoms with van der Waals surface area (Å²) in [7, 11) is 0. The molecule has 2 amide bonds. The van der Waals surface area contributed by atoms with E-state index in [4.69, 9.17) is 5.73 Å². The van der Waals surface area contributed by atoms with Gasteiger partial charge in [-0.3, -0.25) is 0 Å². The van der Waals surface area contributed by atoms with E-state index in [9.17, 15) is 14.3 Å². The van der Waals surface area contributed by atoms with Crippen LogP contribution in [0.1, 0.15) is 18.4 Å². The summed E-state index contributed by atoms with van der Waals surface area (Å²) in [6, 6.07) is 6.56. The van der Waals surface area contributed by atoms with Crippen molar-refractivity contribution in [1.29, 1.82) is 0 Å². The highest BCUT2D eigenvalue weighted by molar-refractivity contribution is 5.79. The first-order chi connectivity index (χ1) is 9.53. The molecule has 106 valence electrons. The summed E-state index contributed by atoms with van der Waals surface area (Å²) in [6.07, 6.45) is 0.750. The number of primary amides is 1. The summed E-state index contributed by atoms with van der Waals surface area (Å²) in [5.41, 5.74) is 5.47. The topological polar surface area (TPSA) is 78.6 Å². The predicted octanol–water partition coefficient (Wildman–Crippen LogP) is 2.22. The molecule has 20 heavy (non-hydrogen) atoms. The van der Waals surface area contributed by atoms with Crippen molar-refractivity contribution in [3.05, 3.63) is 35.7 Å². The van der Waals surface area contributed by atoms with Crippen LogP contribution in [0, 0.1) is 0 Å². The molecular formula is C14H16FN3O2. The lowest BCUT2D eigenvalue weighted by molar-refractivity contribution is 0.173. The molecule has 6 heteroatoms. The Morgan fingerprint density at radius 1 is 1.35 bits per heavy atom. The maximum Gasteiger partial charge on any atom is 0.314 e. The van der Waals surface area contributed by atoms with Crippen LogP contribution in [0.4, 0.5) is 14.9 Å². The molecular weight excluding hydrogens is 261 g/mol. The van der Waals surface area contributed by atoms with E-state index in [2.05, 4.69) is 5.32 Å². The minimum atomic E-state index is -0.940. The number of nitrogens with one attached hydrogen (secondary N) is 1. The Kier molecular flexibility index (Phi) is 2.81. The van der Waals surface area contributed by atoms with Crippen LogP contribution in [0.25, 0.3) is 5.76 Å². The van der Waals surface area contributed by atoms with E-state index in [1.165, 1.54) is 4.90 Å². The van der Waals surface area contributed by atoms with Gasteiger partial charge in [-0.1, -0.05) is 12.1 Å². The Labute approximate surface area is 115 Å². The van der Waals surface area contributed by atoms with Gasteiger partial charge in [0.25, 0.3) is 0 Å². The highest BCUT2D eigenvalue weighted by Crippen LogP contribution is 2.43. The van der Waals surface area contributed by atoms with E-state index in [1.807, 2.05) is 6.07 Å². The molecule has 3 rings (SSSR count). The number of hydrogen-bond donors (Lipinski definition) is 3. The number of likely N-dealkylation sites (tertiary alicyclic amines) is 1. The molecule has 1 fully saturated rings. The van der Waals surface area contributed by atoms with Gasteiger partial charge in [-0.15, -0.1) is 0 Å². The first-order valence-electron chi connectivity index (χ1n) is 6.55. The molecule has 0 radical (unpaired) electrons. The molecule has 0 aromatic heterocycles. The fourth-order valence-corrected chi connectivity index (χ4v) is 2.91. The second-order valence-electron chi connectivity index (χ2n) is 5.24. The van der Waals surface area contributed by atoms with Crippen LogP contribution in [0.3, 0.4) is 0 Å². The number of halogens is 1. The van der Waals surface area contributed by atoms with Crippen LogP contribution in [0.5, 0.6) is 0 Å². The third kappa shape index (κ3) is 1.79. The van der Waals surface area contributed by atoms with Crippen molar-refractivity contribution in [2.45, 2.75) is 18.4 Å². The van der Waals surface area contributed by atoms with Gasteiger partial charge >= 0.3 is 6.03 Å². The van der Waals surface area contributed by atoms with Crippen molar-refractivity contribution in [1.82, 2.24) is 4.90 Å². The average Bonchev–Trinajstić information content (AvgIpc) is 2.46. The summed E-state index contributed by atoms with van der Waals surface area (Å²) < 4.78 is 14.6. The zero-order chi connectivity index (χ0) is 14.3. The minimum absolute atomic E-state index is 0.313. The second kappa shape index (κ2) is 4.40. The number of carbonyl (C=O) groups excluding carboxylic acids is 1. The smallest absolute Gasteiger partial charge is 0.314 e. The lowest BCUT2D eigenvalue weighted by atomic mass is 9.82. The summed E-state index contributed by atoms with van der Waals surface area (Å²) in [4.78, 5) is 12.6. The number of nitrogens with two attached hydrogens (primary N) is 1. The van der Waals surface area contributed by atoms with Crippen molar-refractivity contribution in [3.63, 3.8) is 0 Å². The molecule has 0 aliphatic carbocycles. The van der Waals surface area contributed by atoms with Gasteiger partial charge in [-0.25, -0.2) is 9.18 Å². The van der Waals surface area contributed by atoms with Crippen LogP contribution in [0.2, 0.25) is 0 Å². The number of fused-ring (bicyclic) bond motifs is 1. The highest BCUT2D eigenvalue weighted by atomic mass is 19.1. The Morgan fingerprint density at radius 3 is 2.65 bits per heavy atom. The highest BCUT2D eigenvalue weighted by Gasteiger charge is 2.44. The molecule has 2 aliphatic heterocycles. The largest absolute Gasteiger partial charge is 0.505 e. The fraction of sp³-hybridized carbons (Fsp3) is 0.357. The summed E-state index contributed by atoms with van der Waals surface area (Å²) in [5, 5.41) is 13.3. The van der Waals surface area contributed by atoms with E-state index < -0.39 is 17.4 Å². The van der Waals surface area contributed by atoms with Gasteiger partial charge in [0.2, 0.25) is 0 Å². The van der Waals surface area contributed by atoms with Crippen molar-refractivity contribution in [3.8, 4) is 0 Å². The van der Waals surface area contributed by atoms with Gasteiger partial charge in [-0.05, 0) is 25.0 Å². The summed E-state index contributed by atoms with van der Waals surface area (Å²) in [6.45, 7) is 0.733. The Balaban J connectivity index is 1.94. The van der Waals surface area contributed by atoms with E-state index in [1.54, 1.807) is 18.2 Å². The molecule has 1 aromatic rings. The SMILES string of the molecule is NC(=O)N1CCC2(CC1)Nc1ccccc1C(O)=C2F. The summed E-state index contributed by atoms with van der Waals surface area (Å²) >= 11 is 0. The first-order valence-corrected chi connectivity index (χ1v) is 6.55. The van der Waals surface area contributed by atoms with Crippen molar-refractivity contribution in [2.24, 2.45) is 5.73 Å². The molecule has 5 nitrogen and oxygen atoms in total. The van der Waals surface area contributed by atoms with Crippen molar-refractivity contribution >= 4 is 17.5 Å². The van der Waals surface area contributed by atoms with Crippen molar-refractivity contribution < 1.29 is 14.3 Å². The van der Waals surface area contributed by atoms with Gasteiger partial charge in [0.1, 0.15) is 0 Å². The van der Waals surface area contributed by atoms with E-state index in [-0.39, 0.29) is 5.76 Å². The normalized spacial score (nSPS) is 20.6. The third-order valence-electron chi connectivity index (χ3n) is 4.11. The van der Waals surface area contributed by atoms with Gasteiger partial charge in [0.05, 0.1) is 5.54 Å². The van der Waals surface area contributed by atoms with Crippen molar-refractivity contribution in [2.75, 3.05) is 18.4 Å². The predicted molar refractivity (Wildman–Crippen MR) is 73.8 cm³/mol. The number of benzene rings is 1. The van der Waals surface area contributed by atoms with Crippen LogP contribution in [-0.4, -0.2) is 34.7 Å². The molecule has 1 aromatic carbocycles. The molecule has 0 atom stereocenters. The number of anilines is 1. The van der Waals surface area contributed by atoms with Crippen LogP contribution < -0.4 is 11.1 Å². The van der Waals surface area contributed by atoms with Gasteiger partial charge in [0.15, 0.2) is 11.6 Å². The molecule has 1 saturated heterocycles. The van der Waals surface area contributed by atoms with Crippen LogP contribution in [0.15, 0.2) is 30.1 Å². The summed E-state index contributed by atoms with van der Waals surface area (Å²) in [5.74, 6) is -0.868. The number of hydrogen-bond acceptors (Lipinski definition) is 3. The number of nitrogens with zero attached hydrogens (tertiary/aromatic N) is 1. The first kappa shape index (κ1) is 12.8. The lowest BCUT2D eigenvalue weighted by Gasteiger charge is -2.43. The number of para-hydroxylation sites is 1. The zero-order valence-electron chi connectivity index (χ0n) is 10.9. The number of urea groups is 1. The number of rotatable bonds is 0. The third-order valence-corrected chi connectivity index (χ3v) is 4.11. The Hall–Kier alpha value is -2.24. The molecule has 1 spiro atoms. The number of carbonyl (C=O) groups is 1. The quantitative estimate of drug-likeness (QED) is 0.680. The van der Waals surface area contributed by atoms with E-state index in [0.29, 0.717) is 37.2 Å².